The number of hydrogen-bond acceptors (Lipinski definition) is 6. The maximum atomic E-state index is 5.83. The molecule has 0 aliphatic carbocycles. The third kappa shape index (κ3) is 1.92. The molecule has 0 radical (unpaired) electrons. The zero-order valence-electron chi connectivity index (χ0n) is 8.70. The average Bonchev–Trinajstić information content (AvgIpc) is 3.00. The Morgan fingerprint density at radius 2 is 2.18 bits per heavy atom. The third-order valence-electron chi connectivity index (χ3n) is 2.26. The highest BCUT2D eigenvalue weighted by Crippen LogP contribution is 2.32. The molecule has 0 aliphatic heterocycles. The molecule has 3 heterocycles. The zero-order chi connectivity index (χ0) is 11.7. The first-order chi connectivity index (χ1) is 8.34. The van der Waals surface area contributed by atoms with Gasteiger partial charge in [0.1, 0.15) is 10.8 Å². The Kier molecular flexibility index (Phi) is 2.58. The molecule has 0 unspecified atom stereocenters. The zero-order valence-corrected chi connectivity index (χ0v) is 10.3. The van der Waals surface area contributed by atoms with E-state index >= 15 is 0 Å². The lowest BCUT2D eigenvalue weighted by Gasteiger charge is -1.98. The van der Waals surface area contributed by atoms with Gasteiger partial charge in [-0.2, -0.15) is 0 Å². The summed E-state index contributed by atoms with van der Waals surface area (Å²) in [5, 5.41) is 2.90. The normalized spacial score (nSPS) is 10.6. The van der Waals surface area contributed by atoms with Crippen molar-refractivity contribution < 1.29 is 0 Å². The first-order valence-corrected chi connectivity index (χ1v) is 6.66. The third-order valence-corrected chi connectivity index (χ3v) is 3.93. The smallest absolute Gasteiger partial charge is 0.133 e. The number of aromatic nitrogens is 3. The summed E-state index contributed by atoms with van der Waals surface area (Å²) in [7, 11) is 0. The van der Waals surface area contributed by atoms with Gasteiger partial charge in [0.2, 0.25) is 0 Å². The number of anilines is 1. The van der Waals surface area contributed by atoms with Gasteiger partial charge in [-0.25, -0.2) is 9.97 Å². The van der Waals surface area contributed by atoms with Gasteiger partial charge in [0.05, 0.1) is 21.6 Å². The van der Waals surface area contributed by atoms with Crippen molar-refractivity contribution in [1.82, 2.24) is 15.0 Å². The molecule has 0 spiro atoms. The highest BCUT2D eigenvalue weighted by Gasteiger charge is 2.10. The lowest BCUT2D eigenvalue weighted by molar-refractivity contribution is 1.32. The summed E-state index contributed by atoms with van der Waals surface area (Å²) in [6.07, 6.45) is 3.49. The molecule has 0 saturated carbocycles. The van der Waals surface area contributed by atoms with Crippen LogP contribution in [0.15, 0.2) is 35.4 Å². The maximum absolute atomic E-state index is 5.83. The van der Waals surface area contributed by atoms with Crippen molar-refractivity contribution in [2.45, 2.75) is 0 Å². The highest BCUT2D eigenvalue weighted by atomic mass is 32.1. The van der Waals surface area contributed by atoms with Gasteiger partial charge in [-0.15, -0.1) is 22.7 Å². The maximum Gasteiger partial charge on any atom is 0.133 e. The second-order valence-electron chi connectivity index (χ2n) is 3.34. The Balaban J connectivity index is 2.04. The Bertz CT molecular complexity index is 630. The van der Waals surface area contributed by atoms with Crippen molar-refractivity contribution in [1.29, 1.82) is 0 Å². The first kappa shape index (κ1) is 10.4. The minimum atomic E-state index is 0.512. The van der Waals surface area contributed by atoms with Crippen molar-refractivity contribution in [3.8, 4) is 21.1 Å². The van der Waals surface area contributed by atoms with E-state index in [4.69, 9.17) is 5.73 Å². The van der Waals surface area contributed by atoms with Crippen molar-refractivity contribution in [2.75, 3.05) is 5.73 Å². The summed E-state index contributed by atoms with van der Waals surface area (Å²) >= 11 is 3.14. The largest absolute Gasteiger partial charge is 0.383 e. The quantitative estimate of drug-likeness (QED) is 0.769. The molecule has 4 nitrogen and oxygen atoms in total. The molecule has 0 atom stereocenters. The predicted octanol–water partition coefficient (Wildman–Crippen LogP) is 2.91. The number of nitrogens with two attached hydrogens (primary N) is 1. The van der Waals surface area contributed by atoms with Crippen LogP contribution in [-0.4, -0.2) is 15.0 Å². The molecule has 0 aliphatic rings. The molecule has 3 aromatic heterocycles. The van der Waals surface area contributed by atoms with E-state index in [-0.39, 0.29) is 0 Å². The summed E-state index contributed by atoms with van der Waals surface area (Å²) in [5.41, 5.74) is 9.45. The number of nitrogens with zero attached hydrogens (tertiary/aromatic N) is 3. The van der Waals surface area contributed by atoms with Crippen LogP contribution in [0.3, 0.4) is 0 Å². The molecule has 2 N–H and O–H groups in total. The van der Waals surface area contributed by atoms with E-state index in [2.05, 4.69) is 15.0 Å². The molecule has 84 valence electrons. The summed E-state index contributed by atoms with van der Waals surface area (Å²) in [4.78, 5) is 13.7. The van der Waals surface area contributed by atoms with Crippen LogP contribution in [0.25, 0.3) is 21.1 Å². The van der Waals surface area contributed by atoms with E-state index in [1.165, 1.54) is 0 Å². The molecule has 0 bridgehead atoms. The van der Waals surface area contributed by atoms with Gasteiger partial charge in [-0.3, -0.25) is 4.98 Å². The van der Waals surface area contributed by atoms with Gasteiger partial charge >= 0.3 is 0 Å². The standard InChI is InChI=1S/C11H8N4S2/c12-10-7(2-1-3-14-10)11-15-8(5-16-11)9-4-13-6-17-9/h1-6H,(H2,12,14). The van der Waals surface area contributed by atoms with Crippen LogP contribution < -0.4 is 5.73 Å². The number of nitrogen functional groups attached to an aromatic ring is 1. The van der Waals surface area contributed by atoms with Gasteiger partial charge in [-0.05, 0) is 12.1 Å². The summed E-state index contributed by atoms with van der Waals surface area (Å²) in [6, 6.07) is 3.79. The van der Waals surface area contributed by atoms with Crippen LogP contribution in [0.2, 0.25) is 0 Å². The number of thiazole rings is 2. The van der Waals surface area contributed by atoms with Gasteiger partial charge in [0.15, 0.2) is 0 Å². The Hall–Kier alpha value is -1.79. The summed E-state index contributed by atoms with van der Waals surface area (Å²) in [5.74, 6) is 0.512. The molecule has 3 rings (SSSR count). The Morgan fingerprint density at radius 1 is 1.24 bits per heavy atom. The molecule has 0 aromatic carbocycles. The fourth-order valence-corrected chi connectivity index (χ4v) is 2.96. The summed E-state index contributed by atoms with van der Waals surface area (Å²) in [6.45, 7) is 0. The average molecular weight is 260 g/mol. The van der Waals surface area contributed by atoms with E-state index in [1.807, 2.05) is 23.7 Å². The SMILES string of the molecule is Nc1ncccc1-c1nc(-c2cncs2)cs1. The topological polar surface area (TPSA) is 64.7 Å². The van der Waals surface area contributed by atoms with Crippen LogP contribution in [0.5, 0.6) is 0 Å². The summed E-state index contributed by atoms with van der Waals surface area (Å²) < 4.78 is 0. The van der Waals surface area contributed by atoms with Crippen LogP contribution in [0.4, 0.5) is 5.82 Å². The van der Waals surface area contributed by atoms with E-state index in [9.17, 15) is 0 Å². The Labute approximate surface area is 106 Å². The van der Waals surface area contributed by atoms with E-state index < -0.39 is 0 Å². The molecule has 0 fully saturated rings. The van der Waals surface area contributed by atoms with Crippen molar-refractivity contribution in [3.05, 3.63) is 35.4 Å². The molecular weight excluding hydrogens is 252 g/mol. The Morgan fingerprint density at radius 3 is 2.94 bits per heavy atom. The second-order valence-corrected chi connectivity index (χ2v) is 5.08. The minimum Gasteiger partial charge on any atom is -0.383 e. The molecule has 6 heteroatoms. The van der Waals surface area contributed by atoms with Crippen LogP contribution in [-0.2, 0) is 0 Å². The van der Waals surface area contributed by atoms with Crippen LogP contribution in [0, 0.1) is 0 Å². The molecular formula is C11H8N4S2. The highest BCUT2D eigenvalue weighted by molar-refractivity contribution is 7.15. The molecule has 0 amide bonds. The van der Waals surface area contributed by atoms with E-state index in [0.717, 1.165) is 21.1 Å². The number of rotatable bonds is 2. The van der Waals surface area contributed by atoms with Crippen LogP contribution >= 0.6 is 22.7 Å². The van der Waals surface area contributed by atoms with Gasteiger partial charge in [0.25, 0.3) is 0 Å². The number of pyridine rings is 1. The first-order valence-electron chi connectivity index (χ1n) is 4.90. The van der Waals surface area contributed by atoms with Gasteiger partial charge < -0.3 is 5.73 Å². The van der Waals surface area contributed by atoms with E-state index in [0.29, 0.717) is 5.82 Å². The van der Waals surface area contributed by atoms with Crippen LogP contribution in [0.1, 0.15) is 0 Å². The number of hydrogen-bond donors (Lipinski definition) is 1. The van der Waals surface area contributed by atoms with Gasteiger partial charge in [-0.1, -0.05) is 0 Å². The van der Waals surface area contributed by atoms with Gasteiger partial charge in [0, 0.05) is 17.8 Å². The van der Waals surface area contributed by atoms with Crippen molar-refractivity contribution >= 4 is 28.5 Å². The van der Waals surface area contributed by atoms with Crippen molar-refractivity contribution in [2.24, 2.45) is 0 Å². The molecule has 17 heavy (non-hydrogen) atoms. The lowest BCUT2D eigenvalue weighted by atomic mass is 10.3. The fraction of sp³-hybridized carbons (Fsp3) is 0. The monoisotopic (exact) mass is 260 g/mol. The second kappa shape index (κ2) is 4.23. The minimum absolute atomic E-state index is 0.512. The molecule has 3 aromatic rings. The van der Waals surface area contributed by atoms with E-state index in [1.54, 1.807) is 34.4 Å². The predicted molar refractivity (Wildman–Crippen MR) is 70.9 cm³/mol. The fourth-order valence-electron chi connectivity index (χ4n) is 1.45. The van der Waals surface area contributed by atoms with Crippen molar-refractivity contribution in [3.63, 3.8) is 0 Å². The molecule has 0 saturated heterocycles. The lowest BCUT2D eigenvalue weighted by Crippen LogP contribution is -1.92.